The molecule has 1 aliphatic heterocycles. The second-order valence-corrected chi connectivity index (χ2v) is 7.01. The molecular formula is C17H25N2O5S-. The van der Waals surface area contributed by atoms with Crippen molar-refractivity contribution in [1.82, 2.24) is 9.80 Å². The second-order valence-electron chi connectivity index (χ2n) is 6.44. The number of rotatable bonds is 9. The number of amides is 1. The number of hydrogen-bond acceptors (Lipinski definition) is 6. The van der Waals surface area contributed by atoms with Crippen LogP contribution < -0.4 is 4.18 Å². The van der Waals surface area contributed by atoms with E-state index in [2.05, 4.69) is 4.90 Å². The molecule has 0 saturated carbocycles. The van der Waals surface area contributed by atoms with E-state index in [1.165, 1.54) is 0 Å². The first kappa shape index (κ1) is 19.8. The summed E-state index contributed by atoms with van der Waals surface area (Å²) in [6.45, 7) is 3.42. The van der Waals surface area contributed by atoms with Crippen molar-refractivity contribution in [3.8, 4) is 5.75 Å². The van der Waals surface area contributed by atoms with Crippen LogP contribution >= 0.6 is 0 Å². The Kier molecular flexibility index (Phi) is 7.83. The maximum absolute atomic E-state index is 12.1. The minimum Gasteiger partial charge on any atom is -0.740 e. The molecular weight excluding hydrogens is 344 g/mol. The van der Waals surface area contributed by atoms with Gasteiger partial charge < -0.3 is 18.4 Å². The molecule has 0 N–H and O–H groups in total. The fourth-order valence-corrected chi connectivity index (χ4v) is 3.04. The number of ether oxygens (including phenoxy) is 1. The molecule has 1 heterocycles. The second kappa shape index (κ2) is 9.86. The molecule has 0 spiro atoms. The van der Waals surface area contributed by atoms with E-state index in [9.17, 15) is 13.6 Å². The smallest absolute Gasteiger partial charge is 0.236 e. The summed E-state index contributed by atoms with van der Waals surface area (Å²) >= 11 is -2.58. The van der Waals surface area contributed by atoms with Crippen LogP contribution in [0.25, 0.3) is 0 Å². The highest BCUT2D eigenvalue weighted by Gasteiger charge is 2.21. The fourth-order valence-electron chi connectivity index (χ4n) is 2.78. The van der Waals surface area contributed by atoms with Crippen LogP contribution in [0.5, 0.6) is 5.75 Å². The predicted octanol–water partition coefficient (Wildman–Crippen LogP) is 0.829. The molecule has 0 radical (unpaired) electrons. The van der Waals surface area contributed by atoms with Gasteiger partial charge in [0.25, 0.3) is 0 Å². The first-order valence-electron chi connectivity index (χ1n) is 8.31. The van der Waals surface area contributed by atoms with Crippen molar-refractivity contribution in [1.29, 1.82) is 0 Å². The van der Waals surface area contributed by atoms with Crippen LogP contribution in [-0.2, 0) is 27.3 Å². The third-order valence-corrected chi connectivity index (χ3v) is 4.51. The van der Waals surface area contributed by atoms with E-state index in [1.807, 2.05) is 6.07 Å². The van der Waals surface area contributed by atoms with Gasteiger partial charge in [-0.3, -0.25) is 9.69 Å². The lowest BCUT2D eigenvalue weighted by Gasteiger charge is -2.26. The molecule has 1 saturated heterocycles. The third-order valence-electron chi connectivity index (χ3n) is 4.18. The zero-order valence-corrected chi connectivity index (χ0v) is 15.5. The Hall–Kier alpha value is -1.48. The SMILES string of the molecule is CN(C)C(=O)CN(CCc1cccc(OS(=O)[O-])c1)CC1CCOC1. The number of benzene rings is 1. The van der Waals surface area contributed by atoms with Crippen molar-refractivity contribution in [3.63, 3.8) is 0 Å². The van der Waals surface area contributed by atoms with Gasteiger partial charge in [0.1, 0.15) is 17.1 Å². The fraction of sp³-hybridized carbons (Fsp3) is 0.588. The van der Waals surface area contributed by atoms with Crippen LogP contribution in [0.15, 0.2) is 24.3 Å². The van der Waals surface area contributed by atoms with Crippen LogP contribution in [0, 0.1) is 5.92 Å². The third kappa shape index (κ3) is 7.11. The van der Waals surface area contributed by atoms with Crippen LogP contribution in [0.3, 0.4) is 0 Å². The maximum atomic E-state index is 12.1. The van der Waals surface area contributed by atoms with Gasteiger partial charge >= 0.3 is 0 Å². The average molecular weight is 369 g/mol. The first-order chi connectivity index (χ1) is 11.9. The molecule has 8 heteroatoms. The summed E-state index contributed by atoms with van der Waals surface area (Å²) in [5, 5.41) is 0. The Morgan fingerprint density at radius 1 is 1.44 bits per heavy atom. The minimum absolute atomic E-state index is 0.0674. The van der Waals surface area contributed by atoms with Gasteiger partial charge in [-0.15, -0.1) is 0 Å². The van der Waals surface area contributed by atoms with E-state index in [0.29, 0.717) is 31.2 Å². The normalized spacial score (nSPS) is 18.3. The summed E-state index contributed by atoms with van der Waals surface area (Å²) in [7, 11) is 3.51. The van der Waals surface area contributed by atoms with E-state index in [4.69, 9.17) is 8.92 Å². The Morgan fingerprint density at radius 3 is 2.88 bits per heavy atom. The summed E-state index contributed by atoms with van der Waals surface area (Å²) < 4.78 is 31.4. The molecule has 1 amide bonds. The van der Waals surface area contributed by atoms with Gasteiger partial charge in [0.15, 0.2) is 0 Å². The Balaban J connectivity index is 1.95. The number of nitrogens with zero attached hydrogens (tertiary/aromatic N) is 2. The Labute approximate surface area is 151 Å². The highest BCUT2D eigenvalue weighted by molar-refractivity contribution is 7.74. The molecule has 0 aromatic heterocycles. The summed E-state index contributed by atoms with van der Waals surface area (Å²) in [5.74, 6) is 0.816. The Bertz CT molecular complexity index is 590. The van der Waals surface area contributed by atoms with E-state index in [1.54, 1.807) is 37.2 Å². The van der Waals surface area contributed by atoms with Crippen LogP contribution in [-0.4, -0.2) is 71.4 Å². The molecule has 0 aliphatic carbocycles. The first-order valence-corrected chi connectivity index (χ1v) is 9.31. The Morgan fingerprint density at radius 2 is 2.24 bits per heavy atom. The standard InChI is InChI=1S/C17H26N2O5S/c1-18(2)17(20)12-19(11-15-7-9-23-13-15)8-6-14-4-3-5-16(10-14)24-25(21)22/h3-5,10,15H,6-9,11-13H2,1-2H3,(H,21,22)/p-1. The minimum atomic E-state index is -2.58. The van der Waals surface area contributed by atoms with E-state index >= 15 is 0 Å². The molecule has 2 atom stereocenters. The van der Waals surface area contributed by atoms with E-state index < -0.39 is 11.4 Å². The zero-order valence-electron chi connectivity index (χ0n) is 14.7. The molecule has 1 aromatic rings. The van der Waals surface area contributed by atoms with Gasteiger partial charge in [-0.2, -0.15) is 0 Å². The monoisotopic (exact) mass is 369 g/mol. The highest BCUT2D eigenvalue weighted by Crippen LogP contribution is 2.17. The van der Waals surface area contributed by atoms with Gasteiger partial charge in [0.05, 0.1) is 13.2 Å². The highest BCUT2D eigenvalue weighted by atomic mass is 32.2. The number of hydrogen-bond donors (Lipinski definition) is 0. The number of carbonyl (C=O) groups is 1. The molecule has 25 heavy (non-hydrogen) atoms. The van der Waals surface area contributed by atoms with Crippen molar-refractivity contribution >= 4 is 17.3 Å². The van der Waals surface area contributed by atoms with Gasteiger partial charge in [-0.25, -0.2) is 4.21 Å². The number of likely N-dealkylation sites (N-methyl/N-ethyl adjacent to an activating group) is 1. The summed E-state index contributed by atoms with van der Waals surface area (Å²) in [4.78, 5) is 15.8. The molecule has 2 unspecified atom stereocenters. The maximum Gasteiger partial charge on any atom is 0.236 e. The molecule has 1 aliphatic rings. The van der Waals surface area contributed by atoms with Gasteiger partial charge in [-0.1, -0.05) is 12.1 Å². The van der Waals surface area contributed by atoms with Crippen LogP contribution in [0.2, 0.25) is 0 Å². The summed E-state index contributed by atoms with van der Waals surface area (Å²) in [6.07, 6.45) is 1.72. The van der Waals surface area contributed by atoms with Crippen LogP contribution in [0.1, 0.15) is 12.0 Å². The average Bonchev–Trinajstić information content (AvgIpc) is 3.05. The van der Waals surface area contributed by atoms with Crippen molar-refractivity contribution in [3.05, 3.63) is 29.8 Å². The molecule has 7 nitrogen and oxygen atoms in total. The topological polar surface area (TPSA) is 82.1 Å². The zero-order chi connectivity index (χ0) is 18.2. The van der Waals surface area contributed by atoms with Crippen molar-refractivity contribution in [2.45, 2.75) is 12.8 Å². The van der Waals surface area contributed by atoms with E-state index in [0.717, 1.165) is 31.7 Å². The lowest BCUT2D eigenvalue weighted by molar-refractivity contribution is -0.130. The number of carbonyl (C=O) groups excluding carboxylic acids is 1. The van der Waals surface area contributed by atoms with Gasteiger partial charge in [-0.05, 0) is 36.5 Å². The predicted molar refractivity (Wildman–Crippen MR) is 93.8 cm³/mol. The summed E-state index contributed by atoms with van der Waals surface area (Å²) in [5.41, 5.74) is 0.966. The van der Waals surface area contributed by atoms with Gasteiger partial charge in [0, 0.05) is 33.8 Å². The quantitative estimate of drug-likeness (QED) is 0.600. The molecule has 1 aromatic carbocycles. The van der Waals surface area contributed by atoms with E-state index in [-0.39, 0.29) is 5.91 Å². The molecule has 2 rings (SSSR count). The lowest BCUT2D eigenvalue weighted by Crippen LogP contribution is -2.40. The van der Waals surface area contributed by atoms with Gasteiger partial charge in [0.2, 0.25) is 5.91 Å². The lowest BCUT2D eigenvalue weighted by atomic mass is 10.1. The van der Waals surface area contributed by atoms with Crippen molar-refractivity contribution < 1.29 is 22.5 Å². The largest absolute Gasteiger partial charge is 0.740 e. The van der Waals surface area contributed by atoms with Crippen LogP contribution in [0.4, 0.5) is 0 Å². The summed E-state index contributed by atoms with van der Waals surface area (Å²) in [6, 6.07) is 6.99. The van der Waals surface area contributed by atoms with Crippen molar-refractivity contribution in [2.24, 2.45) is 5.92 Å². The molecule has 140 valence electrons. The van der Waals surface area contributed by atoms with Crippen molar-refractivity contribution in [2.75, 3.05) is 46.9 Å². The molecule has 1 fully saturated rings. The molecule has 0 bridgehead atoms.